The summed E-state index contributed by atoms with van der Waals surface area (Å²) < 4.78 is 4.41. The van der Waals surface area contributed by atoms with E-state index in [2.05, 4.69) is 11.7 Å². The van der Waals surface area contributed by atoms with Crippen LogP contribution in [0.15, 0.2) is 11.8 Å². The van der Waals surface area contributed by atoms with E-state index in [0.29, 0.717) is 0 Å². The molecule has 0 aliphatic heterocycles. The molecule has 0 saturated carbocycles. The van der Waals surface area contributed by atoms with Crippen molar-refractivity contribution in [2.24, 2.45) is 0 Å². The molecule has 0 aliphatic rings. The average Bonchev–Trinajstić information content (AvgIpc) is 2.43. The summed E-state index contributed by atoms with van der Waals surface area (Å²) in [5.41, 5.74) is 0. The van der Waals surface area contributed by atoms with Gasteiger partial charge in [0.2, 0.25) is 0 Å². The molecule has 0 aromatic carbocycles. The number of unbranched alkanes of at least 4 members (excludes halogenated alkanes) is 10. The number of ether oxygens (including phenoxy) is 1. The van der Waals surface area contributed by atoms with Crippen LogP contribution in [-0.4, -0.2) is 18.2 Å². The summed E-state index contributed by atoms with van der Waals surface area (Å²) in [6, 6.07) is 0. The molecule has 0 atom stereocenters. The molecule has 0 spiro atoms. The molecule has 1 N–H and O–H groups in total. The number of hydrogen-bond acceptors (Lipinski definition) is 3. The summed E-state index contributed by atoms with van der Waals surface area (Å²) in [4.78, 5) is 10.9. The number of esters is 1. The third-order valence-corrected chi connectivity index (χ3v) is 3.29. The molecule has 112 valence electrons. The standard InChI is InChI=1S/C16H30O3/c1-3-4-5-6-7-8-9-10-11-12-13-14-15(17)16(18)19-2/h14,17H,3-13H2,1-2H3. The molecule has 0 radical (unpaired) electrons. The maximum Gasteiger partial charge on any atom is 0.372 e. The van der Waals surface area contributed by atoms with E-state index >= 15 is 0 Å². The van der Waals surface area contributed by atoms with Crippen LogP contribution in [0.2, 0.25) is 0 Å². The molecule has 0 bridgehead atoms. The predicted octanol–water partition coefficient (Wildman–Crippen LogP) is 4.91. The Hall–Kier alpha value is -0.990. The fourth-order valence-electron chi connectivity index (χ4n) is 2.06. The molecule has 0 unspecified atom stereocenters. The number of allylic oxidation sites excluding steroid dienone is 1. The smallest absolute Gasteiger partial charge is 0.372 e. The van der Waals surface area contributed by atoms with Gasteiger partial charge in [-0.25, -0.2) is 4.79 Å². The quantitative estimate of drug-likeness (QED) is 0.237. The largest absolute Gasteiger partial charge is 0.502 e. The van der Waals surface area contributed by atoms with Crippen molar-refractivity contribution in [1.29, 1.82) is 0 Å². The second-order valence-electron chi connectivity index (χ2n) is 5.05. The highest BCUT2D eigenvalue weighted by Crippen LogP contribution is 2.11. The Bertz CT molecular complexity index is 246. The molecule has 3 heteroatoms. The number of aliphatic hydroxyl groups excluding tert-OH is 1. The third-order valence-electron chi connectivity index (χ3n) is 3.29. The fourth-order valence-corrected chi connectivity index (χ4v) is 2.06. The van der Waals surface area contributed by atoms with Crippen molar-refractivity contribution in [3.05, 3.63) is 11.8 Å². The minimum atomic E-state index is -0.646. The average molecular weight is 270 g/mol. The monoisotopic (exact) mass is 270 g/mol. The Kier molecular flexibility index (Phi) is 12.7. The van der Waals surface area contributed by atoms with Gasteiger partial charge in [-0.05, 0) is 18.9 Å². The molecule has 0 saturated heterocycles. The van der Waals surface area contributed by atoms with Crippen LogP contribution in [0.3, 0.4) is 0 Å². The summed E-state index contributed by atoms with van der Waals surface area (Å²) in [7, 11) is 1.27. The van der Waals surface area contributed by atoms with E-state index in [1.807, 2.05) is 0 Å². The van der Waals surface area contributed by atoms with Gasteiger partial charge >= 0.3 is 5.97 Å². The first-order valence-corrected chi connectivity index (χ1v) is 7.69. The second kappa shape index (κ2) is 13.4. The van der Waals surface area contributed by atoms with Crippen LogP contribution in [-0.2, 0) is 9.53 Å². The number of aliphatic hydroxyl groups is 1. The topological polar surface area (TPSA) is 46.5 Å². The number of hydrogen-bond donors (Lipinski definition) is 1. The van der Waals surface area contributed by atoms with Crippen molar-refractivity contribution >= 4 is 5.97 Å². The highest BCUT2D eigenvalue weighted by molar-refractivity contribution is 5.85. The number of carbonyl (C=O) groups excluding carboxylic acids is 1. The molecule has 0 heterocycles. The minimum Gasteiger partial charge on any atom is -0.502 e. The van der Waals surface area contributed by atoms with Crippen molar-refractivity contribution < 1.29 is 14.6 Å². The predicted molar refractivity (Wildman–Crippen MR) is 79.2 cm³/mol. The number of methoxy groups -OCH3 is 1. The first-order chi connectivity index (χ1) is 9.22. The van der Waals surface area contributed by atoms with Gasteiger partial charge in [-0.2, -0.15) is 0 Å². The van der Waals surface area contributed by atoms with E-state index in [4.69, 9.17) is 0 Å². The fraction of sp³-hybridized carbons (Fsp3) is 0.812. The van der Waals surface area contributed by atoms with E-state index in [1.165, 1.54) is 64.9 Å². The summed E-state index contributed by atoms with van der Waals surface area (Å²) in [6.07, 6.45) is 15.2. The van der Waals surface area contributed by atoms with Gasteiger partial charge in [0.15, 0.2) is 5.76 Å². The van der Waals surface area contributed by atoms with Gasteiger partial charge < -0.3 is 9.84 Å². The lowest BCUT2D eigenvalue weighted by Crippen LogP contribution is -2.03. The van der Waals surface area contributed by atoms with E-state index in [1.54, 1.807) is 6.08 Å². The van der Waals surface area contributed by atoms with Gasteiger partial charge in [-0.3, -0.25) is 0 Å². The van der Waals surface area contributed by atoms with E-state index in [0.717, 1.165) is 12.8 Å². The van der Waals surface area contributed by atoms with Crippen LogP contribution in [0.25, 0.3) is 0 Å². The van der Waals surface area contributed by atoms with Gasteiger partial charge in [0.1, 0.15) is 0 Å². The van der Waals surface area contributed by atoms with Gasteiger partial charge in [0, 0.05) is 0 Å². The Morgan fingerprint density at radius 2 is 1.42 bits per heavy atom. The maximum absolute atomic E-state index is 10.9. The Morgan fingerprint density at radius 3 is 1.89 bits per heavy atom. The summed E-state index contributed by atoms with van der Waals surface area (Å²) in [5.74, 6) is -0.912. The summed E-state index contributed by atoms with van der Waals surface area (Å²) in [6.45, 7) is 2.24. The zero-order valence-electron chi connectivity index (χ0n) is 12.6. The Balaban J connectivity index is 3.25. The molecule has 0 amide bonds. The van der Waals surface area contributed by atoms with Gasteiger partial charge in [0.25, 0.3) is 0 Å². The van der Waals surface area contributed by atoms with Crippen LogP contribution >= 0.6 is 0 Å². The zero-order valence-corrected chi connectivity index (χ0v) is 12.6. The van der Waals surface area contributed by atoms with E-state index < -0.39 is 5.97 Å². The highest BCUT2D eigenvalue weighted by atomic mass is 16.5. The van der Waals surface area contributed by atoms with E-state index in [9.17, 15) is 9.90 Å². The van der Waals surface area contributed by atoms with Crippen molar-refractivity contribution in [2.45, 2.75) is 77.6 Å². The van der Waals surface area contributed by atoms with Crippen molar-refractivity contribution in [3.63, 3.8) is 0 Å². The summed E-state index contributed by atoms with van der Waals surface area (Å²) in [5, 5.41) is 9.25. The van der Waals surface area contributed by atoms with Crippen LogP contribution in [0.5, 0.6) is 0 Å². The molecule has 0 aliphatic carbocycles. The Labute approximate surface area is 118 Å². The molecule has 3 nitrogen and oxygen atoms in total. The maximum atomic E-state index is 10.9. The zero-order chi connectivity index (χ0) is 14.3. The van der Waals surface area contributed by atoms with Crippen LogP contribution < -0.4 is 0 Å². The van der Waals surface area contributed by atoms with Gasteiger partial charge in [-0.1, -0.05) is 64.7 Å². The lowest BCUT2D eigenvalue weighted by atomic mass is 10.1. The lowest BCUT2D eigenvalue weighted by Gasteiger charge is -2.01. The first-order valence-electron chi connectivity index (χ1n) is 7.69. The van der Waals surface area contributed by atoms with Crippen molar-refractivity contribution in [2.75, 3.05) is 7.11 Å². The molecule has 0 fully saturated rings. The molecule has 19 heavy (non-hydrogen) atoms. The van der Waals surface area contributed by atoms with Gasteiger partial charge in [0.05, 0.1) is 7.11 Å². The summed E-state index contributed by atoms with van der Waals surface area (Å²) >= 11 is 0. The van der Waals surface area contributed by atoms with Crippen molar-refractivity contribution in [3.8, 4) is 0 Å². The van der Waals surface area contributed by atoms with Crippen LogP contribution in [0.1, 0.15) is 77.6 Å². The van der Waals surface area contributed by atoms with E-state index in [-0.39, 0.29) is 5.76 Å². The minimum absolute atomic E-state index is 0.265. The SMILES string of the molecule is CCCCCCCCCCCCC=C(O)C(=O)OC. The first kappa shape index (κ1) is 18.0. The molecule has 0 aromatic rings. The van der Waals surface area contributed by atoms with Crippen molar-refractivity contribution in [1.82, 2.24) is 0 Å². The molecular weight excluding hydrogens is 240 g/mol. The molecular formula is C16H30O3. The normalized spacial score (nSPS) is 11.6. The number of carbonyl (C=O) groups is 1. The molecule has 0 rings (SSSR count). The lowest BCUT2D eigenvalue weighted by molar-refractivity contribution is -0.139. The second-order valence-corrected chi connectivity index (χ2v) is 5.05. The van der Waals surface area contributed by atoms with Crippen LogP contribution in [0.4, 0.5) is 0 Å². The van der Waals surface area contributed by atoms with Gasteiger partial charge in [-0.15, -0.1) is 0 Å². The highest BCUT2D eigenvalue weighted by Gasteiger charge is 2.04. The van der Waals surface area contributed by atoms with Crippen LogP contribution in [0, 0.1) is 0 Å². The molecule has 0 aromatic heterocycles. The Morgan fingerprint density at radius 1 is 0.947 bits per heavy atom. The third kappa shape index (κ3) is 11.8. The number of rotatable bonds is 12.